The van der Waals surface area contributed by atoms with Gasteiger partial charge in [-0.25, -0.2) is 4.98 Å². The number of aromatic amines is 1. The van der Waals surface area contributed by atoms with Crippen molar-refractivity contribution in [3.8, 4) is 17.1 Å². The summed E-state index contributed by atoms with van der Waals surface area (Å²) in [5, 5.41) is 12.2. The molecule has 1 aliphatic heterocycles. The summed E-state index contributed by atoms with van der Waals surface area (Å²) < 4.78 is 5.41. The predicted octanol–water partition coefficient (Wildman–Crippen LogP) is 2.27. The van der Waals surface area contributed by atoms with Crippen molar-refractivity contribution in [2.75, 3.05) is 6.73 Å². The van der Waals surface area contributed by atoms with Crippen molar-refractivity contribution in [3.05, 3.63) is 47.4 Å². The van der Waals surface area contributed by atoms with E-state index in [1.165, 1.54) is 0 Å². The molecule has 20 heavy (non-hydrogen) atoms. The van der Waals surface area contributed by atoms with Crippen molar-refractivity contribution in [1.29, 1.82) is 0 Å². The normalized spacial score (nSPS) is 15.1. The first-order valence-electron chi connectivity index (χ1n) is 6.27. The Bertz CT molecular complexity index is 769. The number of hydroxylamine groups is 2. The maximum atomic E-state index is 11.3. The van der Waals surface area contributed by atoms with Crippen LogP contribution in [-0.4, -0.2) is 26.7 Å². The van der Waals surface area contributed by atoms with E-state index in [0.717, 1.165) is 38.8 Å². The molecule has 1 N–H and O–H groups in total. The zero-order chi connectivity index (χ0) is 13.5. The van der Waals surface area contributed by atoms with E-state index in [0.29, 0.717) is 6.54 Å². The molecule has 2 aromatic heterocycles. The molecule has 0 bridgehead atoms. The number of aromatic nitrogens is 3. The largest absolute Gasteiger partial charge is 0.783 e. The van der Waals surface area contributed by atoms with Crippen LogP contribution in [0.3, 0.4) is 0 Å². The van der Waals surface area contributed by atoms with Crippen LogP contribution in [0.2, 0.25) is 0 Å². The molecule has 6 heteroatoms. The Balaban J connectivity index is 1.84. The van der Waals surface area contributed by atoms with Crippen molar-refractivity contribution in [2.24, 2.45) is 0 Å². The molecule has 100 valence electrons. The van der Waals surface area contributed by atoms with Gasteiger partial charge in [-0.15, -0.1) is 0 Å². The van der Waals surface area contributed by atoms with Crippen LogP contribution in [0.25, 0.3) is 22.4 Å². The van der Waals surface area contributed by atoms with Gasteiger partial charge < -0.3 is 20.0 Å². The minimum atomic E-state index is 0.0696. The van der Waals surface area contributed by atoms with Crippen molar-refractivity contribution in [3.63, 3.8) is 0 Å². The van der Waals surface area contributed by atoms with Crippen molar-refractivity contribution >= 4 is 11.0 Å². The van der Waals surface area contributed by atoms with E-state index < -0.39 is 0 Å². The fourth-order valence-electron chi connectivity index (χ4n) is 2.36. The number of hydrogen-bond acceptors (Lipinski definition) is 5. The molecule has 0 spiro atoms. The van der Waals surface area contributed by atoms with Gasteiger partial charge in [-0.2, -0.15) is 0 Å². The highest BCUT2D eigenvalue weighted by Crippen LogP contribution is 2.30. The molecule has 0 aliphatic carbocycles. The van der Waals surface area contributed by atoms with Crippen LogP contribution in [0.4, 0.5) is 0 Å². The van der Waals surface area contributed by atoms with Gasteiger partial charge in [0.05, 0.1) is 11.0 Å². The summed E-state index contributed by atoms with van der Waals surface area (Å²) in [6.07, 6.45) is 3.46. The minimum absolute atomic E-state index is 0.0696. The number of nitrogens with one attached hydrogen (secondary N) is 1. The van der Waals surface area contributed by atoms with Crippen LogP contribution < -0.4 is 4.74 Å². The van der Waals surface area contributed by atoms with Gasteiger partial charge in [-0.3, -0.25) is 4.98 Å². The monoisotopic (exact) mass is 267 g/mol. The Morgan fingerprint density at radius 1 is 1.25 bits per heavy atom. The van der Waals surface area contributed by atoms with E-state index >= 15 is 0 Å². The van der Waals surface area contributed by atoms with Gasteiger partial charge in [-0.1, -0.05) is 0 Å². The summed E-state index contributed by atoms with van der Waals surface area (Å²) in [5.41, 5.74) is 3.58. The van der Waals surface area contributed by atoms with Gasteiger partial charge >= 0.3 is 0 Å². The molecule has 6 nitrogen and oxygen atoms in total. The van der Waals surface area contributed by atoms with Gasteiger partial charge in [0.1, 0.15) is 18.3 Å². The standard InChI is InChI=1S/C14H11N4O2/c19-18-7-10-5-11-12(6-13(10)20-8-18)17-14(16-11)9-1-3-15-4-2-9/h1-6H,7-8H2,(H,16,17)/q-1. The quantitative estimate of drug-likeness (QED) is 0.731. The van der Waals surface area contributed by atoms with Crippen LogP contribution in [-0.2, 0) is 6.54 Å². The van der Waals surface area contributed by atoms with E-state index in [4.69, 9.17) is 4.74 Å². The molecular weight excluding hydrogens is 256 g/mol. The molecule has 3 heterocycles. The molecule has 1 aliphatic rings. The Morgan fingerprint density at radius 2 is 2.10 bits per heavy atom. The average molecular weight is 267 g/mol. The lowest BCUT2D eigenvalue weighted by molar-refractivity contribution is 0.141. The summed E-state index contributed by atoms with van der Waals surface area (Å²) in [6.45, 7) is 0.412. The minimum Gasteiger partial charge on any atom is -0.783 e. The predicted molar refractivity (Wildman–Crippen MR) is 73.7 cm³/mol. The number of fused-ring (bicyclic) bond motifs is 2. The molecule has 0 saturated heterocycles. The molecule has 4 rings (SSSR count). The van der Waals surface area contributed by atoms with E-state index in [1.54, 1.807) is 12.4 Å². The lowest BCUT2D eigenvalue weighted by Gasteiger charge is -2.33. The zero-order valence-electron chi connectivity index (χ0n) is 10.5. The molecule has 0 unspecified atom stereocenters. The molecule has 0 radical (unpaired) electrons. The summed E-state index contributed by atoms with van der Waals surface area (Å²) in [7, 11) is 0. The first-order valence-corrected chi connectivity index (χ1v) is 6.27. The highest BCUT2D eigenvalue weighted by molar-refractivity contribution is 5.82. The first kappa shape index (κ1) is 11.4. The molecule has 0 fully saturated rings. The van der Waals surface area contributed by atoms with E-state index in [-0.39, 0.29) is 6.73 Å². The summed E-state index contributed by atoms with van der Waals surface area (Å²) >= 11 is 0. The molecule has 3 aromatic rings. The molecule has 0 saturated carbocycles. The third kappa shape index (κ3) is 1.82. The van der Waals surface area contributed by atoms with Crippen LogP contribution in [0, 0.1) is 5.21 Å². The van der Waals surface area contributed by atoms with Gasteiger partial charge in [-0.05, 0) is 18.2 Å². The maximum Gasteiger partial charge on any atom is 0.138 e. The zero-order valence-corrected chi connectivity index (χ0v) is 10.5. The second kappa shape index (κ2) is 4.29. The number of rotatable bonds is 1. The van der Waals surface area contributed by atoms with Gasteiger partial charge in [0, 0.05) is 36.1 Å². The molecule has 1 aromatic carbocycles. The fraction of sp³-hybridized carbons (Fsp3) is 0.143. The van der Waals surface area contributed by atoms with Crippen molar-refractivity contribution in [2.45, 2.75) is 6.54 Å². The summed E-state index contributed by atoms with van der Waals surface area (Å²) in [5.74, 6) is 1.51. The van der Waals surface area contributed by atoms with Crippen LogP contribution in [0.5, 0.6) is 5.75 Å². The SMILES string of the molecule is [O-]N1COc2cc3nc(-c4ccncc4)[nH]c3cc2C1. The molecule has 0 amide bonds. The van der Waals surface area contributed by atoms with Gasteiger partial charge in [0.2, 0.25) is 0 Å². The summed E-state index contributed by atoms with van der Waals surface area (Å²) in [4.78, 5) is 11.8. The third-order valence-electron chi connectivity index (χ3n) is 3.33. The van der Waals surface area contributed by atoms with E-state index in [9.17, 15) is 5.21 Å². The molecule has 0 atom stereocenters. The number of pyridine rings is 1. The number of benzene rings is 1. The smallest absolute Gasteiger partial charge is 0.138 e. The fourth-order valence-corrected chi connectivity index (χ4v) is 2.36. The topological polar surface area (TPSA) is 77.1 Å². The Morgan fingerprint density at radius 3 is 2.95 bits per heavy atom. The van der Waals surface area contributed by atoms with Crippen LogP contribution in [0.15, 0.2) is 36.7 Å². The number of imidazole rings is 1. The average Bonchev–Trinajstić information content (AvgIpc) is 2.88. The number of H-pyrrole nitrogens is 1. The second-order valence-corrected chi connectivity index (χ2v) is 4.71. The van der Waals surface area contributed by atoms with Gasteiger partial charge in [0.15, 0.2) is 0 Å². The van der Waals surface area contributed by atoms with Crippen LogP contribution >= 0.6 is 0 Å². The van der Waals surface area contributed by atoms with E-state index in [2.05, 4.69) is 15.0 Å². The Labute approximate surface area is 114 Å². The van der Waals surface area contributed by atoms with Crippen LogP contribution in [0.1, 0.15) is 5.56 Å². The molecular formula is C14H11N4O2-. The summed E-state index contributed by atoms with van der Waals surface area (Å²) in [6, 6.07) is 7.59. The Kier molecular flexibility index (Phi) is 2.45. The van der Waals surface area contributed by atoms with E-state index in [1.807, 2.05) is 24.3 Å². The number of hydrogen-bond donors (Lipinski definition) is 1. The first-order chi connectivity index (χ1) is 9.79. The van der Waals surface area contributed by atoms with Gasteiger partial charge in [0.25, 0.3) is 0 Å². The number of nitrogens with zero attached hydrogens (tertiary/aromatic N) is 3. The number of ether oxygens (including phenoxy) is 1. The highest BCUT2D eigenvalue weighted by Gasteiger charge is 2.15. The van der Waals surface area contributed by atoms with Crippen molar-refractivity contribution < 1.29 is 4.74 Å². The third-order valence-corrected chi connectivity index (χ3v) is 3.33. The highest BCUT2D eigenvalue weighted by atomic mass is 16.6. The lowest BCUT2D eigenvalue weighted by atomic mass is 10.1. The second-order valence-electron chi connectivity index (χ2n) is 4.71. The van der Waals surface area contributed by atoms with Crippen molar-refractivity contribution in [1.82, 2.24) is 20.0 Å². The lowest BCUT2D eigenvalue weighted by Crippen LogP contribution is -2.26. The Hall–Kier alpha value is -2.44. The maximum absolute atomic E-state index is 11.3.